The number of amides is 1. The first-order valence-electron chi connectivity index (χ1n) is 8.45. The van der Waals surface area contributed by atoms with Gasteiger partial charge in [0.25, 0.3) is 11.6 Å². The van der Waals surface area contributed by atoms with Gasteiger partial charge in [0.15, 0.2) is 0 Å². The number of hydrogen-bond acceptors (Lipinski definition) is 3. The summed E-state index contributed by atoms with van der Waals surface area (Å²) in [6.07, 6.45) is -2.98. The van der Waals surface area contributed by atoms with Crippen LogP contribution in [0.5, 0.6) is 0 Å². The lowest BCUT2D eigenvalue weighted by Crippen LogP contribution is -2.48. The Balaban J connectivity index is 2.16. The third kappa shape index (κ3) is 6.06. The molecular weight excluding hydrogens is 366 g/mol. The largest absolute Gasteiger partial charge is 0.476 e. The first-order valence-corrected chi connectivity index (χ1v) is 8.45. The van der Waals surface area contributed by atoms with E-state index in [-0.39, 0.29) is 24.6 Å². The van der Waals surface area contributed by atoms with Crippen LogP contribution in [0.25, 0.3) is 0 Å². The molecule has 1 unspecified atom stereocenters. The highest BCUT2D eigenvalue weighted by molar-refractivity contribution is 6.03. The number of benzene rings is 1. The Morgan fingerprint density at radius 3 is 2.67 bits per heavy atom. The molecule has 0 saturated carbocycles. The van der Waals surface area contributed by atoms with Gasteiger partial charge >= 0.3 is 6.18 Å². The second-order valence-electron chi connectivity index (χ2n) is 6.39. The molecule has 2 rings (SSSR count). The van der Waals surface area contributed by atoms with E-state index in [9.17, 15) is 22.4 Å². The molecule has 1 aromatic carbocycles. The number of nitrogens with two attached hydrogens (primary N) is 2. The van der Waals surface area contributed by atoms with E-state index in [1.165, 1.54) is 23.1 Å². The van der Waals surface area contributed by atoms with Crippen molar-refractivity contribution in [2.45, 2.75) is 25.6 Å². The highest BCUT2D eigenvalue weighted by atomic mass is 19.4. The van der Waals surface area contributed by atoms with E-state index in [0.717, 1.165) is 6.42 Å². The highest BCUT2D eigenvalue weighted by Crippen LogP contribution is 2.20. The van der Waals surface area contributed by atoms with Gasteiger partial charge in [-0.15, -0.1) is 0 Å². The van der Waals surface area contributed by atoms with Crippen molar-refractivity contribution in [3.63, 3.8) is 0 Å². The maximum absolute atomic E-state index is 13.9. The summed E-state index contributed by atoms with van der Waals surface area (Å²) in [5.74, 6) is -1.11. The Morgan fingerprint density at radius 1 is 1.37 bits per heavy atom. The molecule has 1 aliphatic heterocycles. The molecule has 0 radical (unpaired) electrons. The van der Waals surface area contributed by atoms with E-state index in [4.69, 9.17) is 15.9 Å². The summed E-state index contributed by atoms with van der Waals surface area (Å²) in [7, 11) is 0. The van der Waals surface area contributed by atoms with Crippen molar-refractivity contribution >= 4 is 11.6 Å². The van der Waals surface area contributed by atoms with Crippen molar-refractivity contribution in [3.05, 3.63) is 47.4 Å². The molecular formula is C18H22F4N3O2+. The van der Waals surface area contributed by atoms with Gasteiger partial charge in [0.05, 0.1) is 0 Å². The SMILES string of the molecule is N/C(=C\C(=[NH2+])C(F)(F)F)C(=O)N(CCC1CCOC1)Cc1ccccc1F. The molecule has 0 bridgehead atoms. The maximum Gasteiger partial charge on any atom is 0.476 e. The number of carbonyl (C=O) groups is 1. The van der Waals surface area contributed by atoms with Crippen molar-refractivity contribution in [2.75, 3.05) is 19.8 Å². The number of hydrogen-bond donors (Lipinski definition) is 2. The maximum atomic E-state index is 13.9. The molecule has 1 aromatic rings. The Kier molecular flexibility index (Phi) is 6.95. The second-order valence-corrected chi connectivity index (χ2v) is 6.39. The molecule has 0 aliphatic carbocycles. The van der Waals surface area contributed by atoms with Crippen LogP contribution < -0.4 is 11.1 Å². The monoisotopic (exact) mass is 388 g/mol. The van der Waals surface area contributed by atoms with Gasteiger partial charge in [0.2, 0.25) is 0 Å². The van der Waals surface area contributed by atoms with Crippen molar-refractivity contribution in [1.29, 1.82) is 0 Å². The van der Waals surface area contributed by atoms with Crippen LogP contribution in [0.1, 0.15) is 18.4 Å². The van der Waals surface area contributed by atoms with Gasteiger partial charge < -0.3 is 15.4 Å². The molecule has 4 N–H and O–H groups in total. The quantitative estimate of drug-likeness (QED) is 0.418. The molecule has 9 heteroatoms. The number of nitrogens with zero attached hydrogens (tertiary/aromatic N) is 1. The fourth-order valence-electron chi connectivity index (χ4n) is 2.73. The van der Waals surface area contributed by atoms with E-state index < -0.39 is 29.3 Å². The fraction of sp³-hybridized carbons (Fsp3) is 0.444. The highest BCUT2D eigenvalue weighted by Gasteiger charge is 2.39. The van der Waals surface area contributed by atoms with Crippen LogP contribution in [0.4, 0.5) is 17.6 Å². The van der Waals surface area contributed by atoms with E-state index in [1.807, 2.05) is 0 Å². The number of alkyl halides is 3. The third-order valence-electron chi connectivity index (χ3n) is 4.32. The Labute approximate surface area is 154 Å². The van der Waals surface area contributed by atoms with Gasteiger partial charge in [-0.05, 0) is 24.8 Å². The van der Waals surface area contributed by atoms with E-state index in [0.29, 0.717) is 25.7 Å². The number of halogens is 4. The van der Waals surface area contributed by atoms with Gasteiger partial charge in [0.1, 0.15) is 11.5 Å². The molecule has 1 atom stereocenters. The standard InChI is InChI=1S/C18H21F4N3O2/c19-14-4-2-1-3-13(14)10-25(7-5-12-6-8-27-11-12)17(26)15(23)9-16(24)18(20,21)22/h1-4,9,12,24H,5-8,10-11,23H2/p+1/b15-9-,24-16?. The van der Waals surface area contributed by atoms with Crippen LogP contribution in [0.15, 0.2) is 36.0 Å². The van der Waals surface area contributed by atoms with Gasteiger partial charge in [-0.3, -0.25) is 10.2 Å². The van der Waals surface area contributed by atoms with Crippen molar-refractivity contribution in [3.8, 4) is 0 Å². The van der Waals surface area contributed by atoms with Gasteiger partial charge in [0, 0.05) is 37.9 Å². The molecule has 1 aliphatic rings. The lowest BCUT2D eigenvalue weighted by molar-refractivity contribution is -0.165. The second kappa shape index (κ2) is 8.98. The zero-order chi connectivity index (χ0) is 20.0. The van der Waals surface area contributed by atoms with Gasteiger partial charge in [-0.1, -0.05) is 18.2 Å². The number of ether oxygens (including phenoxy) is 1. The van der Waals surface area contributed by atoms with Gasteiger partial charge in [-0.2, -0.15) is 13.2 Å². The third-order valence-corrected chi connectivity index (χ3v) is 4.32. The summed E-state index contributed by atoms with van der Waals surface area (Å²) in [5, 5.41) is 4.93. The molecule has 27 heavy (non-hydrogen) atoms. The number of allylic oxidation sites excluding steroid dienone is 1. The van der Waals surface area contributed by atoms with Gasteiger partial charge in [-0.25, -0.2) is 4.39 Å². The molecule has 1 fully saturated rings. The van der Waals surface area contributed by atoms with Crippen LogP contribution in [0, 0.1) is 11.7 Å². The topological polar surface area (TPSA) is 81.2 Å². The molecule has 0 spiro atoms. The zero-order valence-corrected chi connectivity index (χ0v) is 14.6. The molecule has 0 aromatic heterocycles. The van der Waals surface area contributed by atoms with E-state index >= 15 is 0 Å². The van der Waals surface area contributed by atoms with Crippen molar-refractivity contribution < 1.29 is 32.5 Å². The minimum Gasteiger partial charge on any atom is -0.394 e. The average Bonchev–Trinajstić information content (AvgIpc) is 3.12. The predicted octanol–water partition coefficient (Wildman–Crippen LogP) is 1.19. The molecule has 148 valence electrons. The zero-order valence-electron chi connectivity index (χ0n) is 14.6. The summed E-state index contributed by atoms with van der Waals surface area (Å²) < 4.78 is 57.0. The molecule has 1 amide bonds. The van der Waals surface area contributed by atoms with Crippen molar-refractivity contribution in [1.82, 2.24) is 4.90 Å². The Hall–Kier alpha value is -2.42. The minimum absolute atomic E-state index is 0.112. The summed E-state index contributed by atoms with van der Waals surface area (Å²) in [5.41, 5.74) is 3.67. The molecule has 1 heterocycles. The summed E-state index contributed by atoms with van der Waals surface area (Å²) in [4.78, 5) is 13.8. The fourth-order valence-corrected chi connectivity index (χ4v) is 2.73. The smallest absolute Gasteiger partial charge is 0.394 e. The average molecular weight is 388 g/mol. The van der Waals surface area contributed by atoms with Crippen molar-refractivity contribution in [2.24, 2.45) is 11.7 Å². The minimum atomic E-state index is -4.79. The van der Waals surface area contributed by atoms with Crippen LogP contribution in [0.2, 0.25) is 0 Å². The van der Waals surface area contributed by atoms with Crippen LogP contribution in [0.3, 0.4) is 0 Å². The van der Waals surface area contributed by atoms with E-state index in [1.54, 1.807) is 6.07 Å². The summed E-state index contributed by atoms with van der Waals surface area (Å²) in [6, 6.07) is 5.87. The Morgan fingerprint density at radius 2 is 2.07 bits per heavy atom. The lowest BCUT2D eigenvalue weighted by Gasteiger charge is -2.24. The van der Waals surface area contributed by atoms with Crippen LogP contribution in [-0.2, 0) is 16.1 Å². The number of rotatable bonds is 7. The molecule has 5 nitrogen and oxygen atoms in total. The van der Waals surface area contributed by atoms with Crippen LogP contribution in [-0.4, -0.2) is 42.5 Å². The Bertz CT molecular complexity index is 713. The van der Waals surface area contributed by atoms with Crippen LogP contribution >= 0.6 is 0 Å². The van der Waals surface area contributed by atoms with E-state index in [2.05, 4.69) is 0 Å². The summed E-state index contributed by atoms with van der Waals surface area (Å²) >= 11 is 0. The number of carbonyl (C=O) groups excluding carboxylic acids is 1. The first kappa shape index (κ1) is 20.9. The predicted molar refractivity (Wildman–Crippen MR) is 90.6 cm³/mol. The lowest BCUT2D eigenvalue weighted by atomic mass is 10.0. The molecule has 1 saturated heterocycles. The first-order chi connectivity index (χ1) is 12.7. The normalized spacial score (nSPS) is 17.8. The summed E-state index contributed by atoms with van der Waals surface area (Å²) in [6.45, 7) is 1.29.